The van der Waals surface area contributed by atoms with Crippen molar-refractivity contribution >= 4 is 11.9 Å². The maximum atomic E-state index is 13.2. The summed E-state index contributed by atoms with van der Waals surface area (Å²) in [5.74, 6) is -0.000652. The van der Waals surface area contributed by atoms with Crippen LogP contribution in [0.1, 0.15) is 89.7 Å². The molecule has 1 aromatic rings. The lowest BCUT2D eigenvalue weighted by atomic mass is 9.75. The van der Waals surface area contributed by atoms with E-state index in [1.165, 1.54) is 11.1 Å². The third-order valence-electron chi connectivity index (χ3n) is 7.28. The van der Waals surface area contributed by atoms with Gasteiger partial charge >= 0.3 is 5.97 Å². The number of nitrogens with one attached hydrogen (secondary N) is 1. The van der Waals surface area contributed by atoms with Crippen LogP contribution < -0.4 is 11.1 Å². The minimum Gasteiger partial charge on any atom is -0.462 e. The fourth-order valence-corrected chi connectivity index (χ4v) is 4.66. The Kier molecular flexibility index (Phi) is 14.3. The van der Waals surface area contributed by atoms with Crippen LogP contribution in [0, 0.1) is 11.3 Å². The van der Waals surface area contributed by atoms with Gasteiger partial charge in [0, 0.05) is 39.6 Å². The molecule has 7 heteroatoms. The van der Waals surface area contributed by atoms with Crippen molar-refractivity contribution in [3.63, 3.8) is 0 Å². The summed E-state index contributed by atoms with van der Waals surface area (Å²) in [7, 11) is 3.53. The summed E-state index contributed by atoms with van der Waals surface area (Å²) >= 11 is 0. The summed E-state index contributed by atoms with van der Waals surface area (Å²) in [6, 6.07) is 8.70. The highest BCUT2D eigenvalue weighted by Crippen LogP contribution is 2.37. The molecule has 5 atom stereocenters. The van der Waals surface area contributed by atoms with Gasteiger partial charge < -0.3 is 25.8 Å². The predicted octanol–water partition coefficient (Wildman–Crippen LogP) is 4.05. The van der Waals surface area contributed by atoms with Gasteiger partial charge in [-0.05, 0) is 55.6 Å². The van der Waals surface area contributed by atoms with Crippen LogP contribution in [0.25, 0.3) is 0 Å². The van der Waals surface area contributed by atoms with Crippen molar-refractivity contribution in [1.82, 2.24) is 10.2 Å². The number of hydrogen-bond acceptors (Lipinski definition) is 6. The molecule has 0 heterocycles. The van der Waals surface area contributed by atoms with E-state index in [0.717, 1.165) is 12.8 Å². The Hall–Kier alpha value is -1.96. The van der Waals surface area contributed by atoms with E-state index in [4.69, 9.17) is 10.5 Å². The van der Waals surface area contributed by atoms with E-state index in [2.05, 4.69) is 50.4 Å². The van der Waals surface area contributed by atoms with Crippen LogP contribution in [0.3, 0.4) is 0 Å². The number of carbonyl (C=O) groups is 2. The monoisotopic (exact) mass is 505 g/mol. The number of aliphatic hydroxyl groups is 1. The first-order chi connectivity index (χ1) is 17.0. The lowest BCUT2D eigenvalue weighted by molar-refractivity contribution is -0.160. The molecule has 0 aliphatic heterocycles. The Morgan fingerprint density at radius 1 is 1.17 bits per heavy atom. The second kappa shape index (κ2) is 16.0. The maximum absolute atomic E-state index is 13.2. The van der Waals surface area contributed by atoms with Gasteiger partial charge in [0.05, 0.1) is 5.41 Å². The molecule has 0 spiro atoms. The predicted molar refractivity (Wildman–Crippen MR) is 147 cm³/mol. The minimum absolute atomic E-state index is 0.0239. The normalized spacial score (nSPS) is 16.5. The Balaban J connectivity index is 2.98. The molecular weight excluding hydrogens is 454 g/mol. The third kappa shape index (κ3) is 10.2. The molecular formula is C29H51N3O4. The topological polar surface area (TPSA) is 105 Å². The average molecular weight is 506 g/mol. The fourth-order valence-electron chi connectivity index (χ4n) is 4.66. The number of esters is 1. The summed E-state index contributed by atoms with van der Waals surface area (Å²) in [5.41, 5.74) is 7.18. The second-order valence-corrected chi connectivity index (χ2v) is 10.8. The van der Waals surface area contributed by atoms with Gasteiger partial charge in [0.2, 0.25) is 5.91 Å². The van der Waals surface area contributed by atoms with Gasteiger partial charge in [-0.25, -0.2) is 0 Å². The molecule has 1 aromatic carbocycles. The van der Waals surface area contributed by atoms with E-state index in [1.54, 1.807) is 19.0 Å². The first kappa shape index (κ1) is 32.1. The van der Waals surface area contributed by atoms with Crippen LogP contribution >= 0.6 is 0 Å². The number of hydrogen-bond donors (Lipinski definition) is 3. The Bertz CT molecular complexity index is 800. The van der Waals surface area contributed by atoms with Crippen LogP contribution in [-0.4, -0.2) is 68.3 Å². The quantitative estimate of drug-likeness (QED) is 0.218. The molecule has 0 radical (unpaired) electrons. The van der Waals surface area contributed by atoms with Crippen molar-refractivity contribution in [2.24, 2.45) is 17.1 Å². The molecule has 1 rings (SSSR count). The van der Waals surface area contributed by atoms with Crippen molar-refractivity contribution in [3.05, 3.63) is 35.4 Å². The minimum atomic E-state index is -0.821. The highest BCUT2D eigenvalue weighted by atomic mass is 16.5. The molecule has 0 saturated carbocycles. The molecule has 0 bridgehead atoms. The number of nitrogens with zero attached hydrogens (tertiary/aromatic N) is 1. The number of carbonyl (C=O) groups excluding carboxylic acids is 2. The average Bonchev–Trinajstić information content (AvgIpc) is 2.86. The lowest BCUT2D eigenvalue weighted by Gasteiger charge is -2.32. The maximum Gasteiger partial charge on any atom is 0.311 e. The number of ether oxygens (including phenoxy) is 1. The molecule has 0 aromatic heterocycles. The van der Waals surface area contributed by atoms with Gasteiger partial charge in [-0.1, -0.05) is 58.4 Å². The Labute approximate surface area is 219 Å². The number of nitrogens with two attached hydrogens (primary N) is 1. The van der Waals surface area contributed by atoms with Crippen LogP contribution in [0.5, 0.6) is 0 Å². The van der Waals surface area contributed by atoms with Crippen LogP contribution in [0.15, 0.2) is 24.3 Å². The van der Waals surface area contributed by atoms with Gasteiger partial charge in [-0.2, -0.15) is 0 Å². The Morgan fingerprint density at radius 2 is 1.81 bits per heavy atom. The van der Waals surface area contributed by atoms with Crippen molar-refractivity contribution < 1.29 is 19.4 Å². The van der Waals surface area contributed by atoms with Gasteiger partial charge in [0.15, 0.2) is 0 Å². The molecule has 0 fully saturated rings. The molecule has 0 aliphatic rings. The SMILES string of the molecule is CCCC(C)c1cccc(C(C)CC(CC(C)(CC)C(=O)OCC(O)CNCCN)C(=O)N(C)C)c1. The molecule has 0 aliphatic carbocycles. The van der Waals surface area contributed by atoms with Crippen molar-refractivity contribution in [3.8, 4) is 0 Å². The molecule has 7 nitrogen and oxygen atoms in total. The first-order valence-corrected chi connectivity index (χ1v) is 13.6. The highest BCUT2D eigenvalue weighted by molar-refractivity contribution is 5.81. The molecule has 4 N–H and O–H groups in total. The molecule has 36 heavy (non-hydrogen) atoms. The van der Waals surface area contributed by atoms with Crippen LogP contribution in [-0.2, 0) is 14.3 Å². The largest absolute Gasteiger partial charge is 0.462 e. The third-order valence-corrected chi connectivity index (χ3v) is 7.28. The summed E-state index contributed by atoms with van der Waals surface area (Å²) in [5, 5.41) is 13.1. The first-order valence-electron chi connectivity index (χ1n) is 13.6. The zero-order valence-electron chi connectivity index (χ0n) is 23.7. The zero-order valence-corrected chi connectivity index (χ0v) is 23.7. The van der Waals surface area contributed by atoms with E-state index >= 15 is 0 Å². The van der Waals surface area contributed by atoms with Gasteiger partial charge in [-0.3, -0.25) is 9.59 Å². The molecule has 206 valence electrons. The number of aliphatic hydroxyl groups excluding tert-OH is 1. The van der Waals surface area contributed by atoms with Gasteiger partial charge in [0.1, 0.15) is 12.7 Å². The Morgan fingerprint density at radius 3 is 2.36 bits per heavy atom. The molecule has 0 saturated heterocycles. The second-order valence-electron chi connectivity index (χ2n) is 10.8. The van der Waals surface area contributed by atoms with Crippen LogP contribution in [0.2, 0.25) is 0 Å². The standard InChI is InChI=1S/C29H51N3O4/c1-8-11-21(3)23-12-10-13-24(17-23)22(4)16-25(27(34)32(6)7)18-29(5,9-2)28(35)36-20-26(33)19-31-15-14-30/h10,12-13,17,21-22,25-26,31,33H,8-9,11,14-16,18-20,30H2,1-7H3. The van der Waals surface area contributed by atoms with E-state index in [1.807, 2.05) is 13.8 Å². The van der Waals surface area contributed by atoms with E-state index in [-0.39, 0.29) is 30.3 Å². The number of benzene rings is 1. The molecule has 5 unspecified atom stereocenters. The van der Waals surface area contributed by atoms with Crippen molar-refractivity contribution in [2.75, 3.05) is 40.3 Å². The van der Waals surface area contributed by atoms with E-state index in [0.29, 0.717) is 44.8 Å². The zero-order chi connectivity index (χ0) is 27.3. The summed E-state index contributed by atoms with van der Waals surface area (Å²) in [4.78, 5) is 27.9. The molecule has 1 amide bonds. The highest BCUT2D eigenvalue weighted by Gasteiger charge is 2.39. The van der Waals surface area contributed by atoms with E-state index < -0.39 is 11.5 Å². The smallest absolute Gasteiger partial charge is 0.311 e. The van der Waals surface area contributed by atoms with Gasteiger partial charge in [0.25, 0.3) is 0 Å². The van der Waals surface area contributed by atoms with Crippen molar-refractivity contribution in [2.45, 2.75) is 84.7 Å². The van der Waals surface area contributed by atoms with E-state index in [9.17, 15) is 14.7 Å². The summed E-state index contributed by atoms with van der Waals surface area (Å²) in [6.07, 6.45) is 3.09. The number of amides is 1. The number of rotatable bonds is 17. The summed E-state index contributed by atoms with van der Waals surface area (Å²) < 4.78 is 5.50. The fraction of sp³-hybridized carbons (Fsp3) is 0.724. The lowest BCUT2D eigenvalue weighted by Crippen LogP contribution is -2.40. The summed E-state index contributed by atoms with van der Waals surface area (Å²) in [6.45, 7) is 11.7. The van der Waals surface area contributed by atoms with Crippen molar-refractivity contribution in [1.29, 1.82) is 0 Å². The van der Waals surface area contributed by atoms with Gasteiger partial charge in [-0.15, -0.1) is 0 Å². The van der Waals surface area contributed by atoms with Crippen LogP contribution in [0.4, 0.5) is 0 Å².